The fourth-order valence-electron chi connectivity index (χ4n) is 3.33. The number of amides is 1. The van der Waals surface area contributed by atoms with Crippen molar-refractivity contribution in [1.82, 2.24) is 9.03 Å². The molecule has 1 unspecified atom stereocenters. The lowest BCUT2D eigenvalue weighted by molar-refractivity contribution is 0.0937. The van der Waals surface area contributed by atoms with Crippen molar-refractivity contribution in [1.29, 1.82) is 0 Å². The van der Waals surface area contributed by atoms with E-state index in [-0.39, 0.29) is 16.6 Å². The monoisotopic (exact) mass is 406 g/mol. The van der Waals surface area contributed by atoms with Crippen LogP contribution in [0.5, 0.6) is 0 Å². The van der Waals surface area contributed by atoms with Crippen molar-refractivity contribution in [3.8, 4) is 0 Å². The van der Waals surface area contributed by atoms with E-state index < -0.39 is 19.7 Å². The van der Waals surface area contributed by atoms with Gasteiger partial charge in [0.1, 0.15) is 4.91 Å². The number of carbonyl (C=O) groups is 1. The van der Waals surface area contributed by atoms with Crippen molar-refractivity contribution in [3.63, 3.8) is 0 Å². The van der Waals surface area contributed by atoms with E-state index in [0.29, 0.717) is 42.0 Å². The van der Waals surface area contributed by atoms with Crippen molar-refractivity contribution < 1.29 is 21.8 Å². The average molecular weight is 406 g/mol. The lowest BCUT2D eigenvalue weighted by atomic mass is 10.1. The van der Waals surface area contributed by atoms with Gasteiger partial charge in [-0.25, -0.2) is 12.6 Å². The molecule has 0 radical (unpaired) electrons. The minimum atomic E-state index is -3.88. The summed E-state index contributed by atoms with van der Waals surface area (Å²) in [6.45, 7) is 0. The van der Waals surface area contributed by atoms with E-state index in [2.05, 4.69) is 11.2 Å². The topological polar surface area (TPSA) is 96.7 Å². The van der Waals surface area contributed by atoms with Gasteiger partial charge in [0.2, 0.25) is 0 Å². The van der Waals surface area contributed by atoms with Gasteiger partial charge in [-0.3, -0.25) is 4.79 Å². The molecule has 27 heavy (non-hydrogen) atoms. The largest absolute Gasteiger partial charge is 0.459 e. The Morgan fingerprint density at radius 3 is 2.44 bits per heavy atom. The number of rotatable bonds is 3. The van der Waals surface area contributed by atoms with Crippen molar-refractivity contribution in [2.45, 2.75) is 25.7 Å². The predicted molar refractivity (Wildman–Crippen MR) is 103 cm³/mol. The Morgan fingerprint density at radius 1 is 1.11 bits per heavy atom. The lowest BCUT2D eigenvalue weighted by Crippen LogP contribution is -2.30. The molecule has 142 valence electrons. The molecule has 1 atom stereocenters. The van der Waals surface area contributed by atoms with Crippen molar-refractivity contribution in [3.05, 3.63) is 69.7 Å². The number of hydrogen-bond donors (Lipinski definition) is 1. The highest BCUT2D eigenvalue weighted by molar-refractivity contribution is 8.16. The summed E-state index contributed by atoms with van der Waals surface area (Å²) in [4.78, 5) is 12.5. The van der Waals surface area contributed by atoms with E-state index in [0.717, 1.165) is 3.71 Å². The molecule has 2 heterocycles. The van der Waals surface area contributed by atoms with Gasteiger partial charge in [0.15, 0.2) is 5.76 Å². The first-order valence-corrected chi connectivity index (χ1v) is 11.5. The van der Waals surface area contributed by atoms with Gasteiger partial charge in [0.25, 0.3) is 15.9 Å². The number of nitrogens with one attached hydrogen (secondary N) is 1. The molecule has 0 saturated carbocycles. The van der Waals surface area contributed by atoms with Gasteiger partial charge in [-0.05, 0) is 55.8 Å². The molecule has 1 aliphatic heterocycles. The van der Waals surface area contributed by atoms with Crippen molar-refractivity contribution >= 4 is 31.5 Å². The summed E-state index contributed by atoms with van der Waals surface area (Å²) in [6.07, 6.45) is 9.89. The van der Waals surface area contributed by atoms with E-state index in [9.17, 15) is 17.4 Å². The molecule has 4 rings (SSSR count). The molecule has 0 aromatic carbocycles. The van der Waals surface area contributed by atoms with Gasteiger partial charge in [0.05, 0.1) is 20.9 Å². The van der Waals surface area contributed by atoms with Gasteiger partial charge < -0.3 is 9.73 Å². The Kier molecular flexibility index (Phi) is 4.15. The summed E-state index contributed by atoms with van der Waals surface area (Å²) in [6, 6.07) is 3.17. The van der Waals surface area contributed by atoms with Crippen LogP contribution < -0.4 is 5.32 Å². The Bertz CT molecular complexity index is 1080. The maximum Gasteiger partial charge on any atom is 0.291 e. The quantitative estimate of drug-likeness (QED) is 0.778. The van der Waals surface area contributed by atoms with Crippen LogP contribution in [-0.2, 0) is 19.7 Å². The van der Waals surface area contributed by atoms with Crippen LogP contribution in [0.15, 0.2) is 68.3 Å². The van der Waals surface area contributed by atoms with E-state index in [4.69, 9.17) is 4.42 Å². The maximum absolute atomic E-state index is 13.2. The summed E-state index contributed by atoms with van der Waals surface area (Å²) >= 11 is 0. The summed E-state index contributed by atoms with van der Waals surface area (Å²) < 4.78 is 45.0. The zero-order valence-corrected chi connectivity index (χ0v) is 16.0. The lowest BCUT2D eigenvalue weighted by Gasteiger charge is -2.24. The van der Waals surface area contributed by atoms with Crippen LogP contribution in [0.25, 0.3) is 0 Å². The molecule has 1 fully saturated rings. The van der Waals surface area contributed by atoms with Crippen LogP contribution in [0.3, 0.4) is 0 Å². The summed E-state index contributed by atoms with van der Waals surface area (Å²) in [5.41, 5.74) is 1.03. The first-order chi connectivity index (χ1) is 12.8. The van der Waals surface area contributed by atoms with Crippen LogP contribution in [0.2, 0.25) is 0 Å². The van der Waals surface area contributed by atoms with Crippen molar-refractivity contribution in [2.24, 2.45) is 0 Å². The third kappa shape index (κ3) is 2.87. The zero-order valence-electron chi connectivity index (χ0n) is 14.4. The van der Waals surface area contributed by atoms with Crippen LogP contribution in [0.4, 0.5) is 0 Å². The van der Waals surface area contributed by atoms with Crippen LogP contribution >= 0.6 is 0 Å². The molecule has 1 N–H and O–H groups in total. The highest BCUT2D eigenvalue weighted by atomic mass is 32.3. The van der Waals surface area contributed by atoms with Gasteiger partial charge >= 0.3 is 0 Å². The average Bonchev–Trinajstić information content (AvgIpc) is 3.22. The Hall–Kier alpha value is -2.52. The van der Waals surface area contributed by atoms with Gasteiger partial charge in [-0.2, -0.15) is 3.71 Å². The number of nitrogens with zero attached hydrogens (tertiary/aromatic N) is 1. The molecule has 0 bridgehead atoms. The molecule has 7 nitrogen and oxygen atoms in total. The summed E-state index contributed by atoms with van der Waals surface area (Å²) in [5.74, 6) is 3.54. The molecular formula is C18H18N2O5S2. The molecule has 1 amide bonds. The number of sulfonamides is 1. The van der Waals surface area contributed by atoms with E-state index >= 15 is 0 Å². The molecular weight excluding hydrogens is 388 g/mol. The predicted octanol–water partition coefficient (Wildman–Crippen LogP) is 2.41. The summed E-state index contributed by atoms with van der Waals surface area (Å²) in [7, 11) is -7.02. The van der Waals surface area contributed by atoms with Crippen LogP contribution in [-0.4, -0.2) is 28.1 Å². The Balaban J connectivity index is 1.64. The van der Waals surface area contributed by atoms with E-state index in [1.807, 2.05) is 0 Å². The minimum absolute atomic E-state index is 0.107. The first-order valence-electron chi connectivity index (χ1n) is 8.40. The van der Waals surface area contributed by atoms with Gasteiger partial charge in [-0.15, -0.1) is 0 Å². The van der Waals surface area contributed by atoms with E-state index in [1.165, 1.54) is 6.26 Å². The van der Waals surface area contributed by atoms with Crippen LogP contribution in [0, 0.1) is 0 Å². The fraction of sp³-hybridized carbons (Fsp3) is 0.222. The minimum Gasteiger partial charge on any atom is -0.459 e. The molecule has 0 spiro atoms. The number of fused-ring (bicyclic) bond motifs is 1. The third-order valence-electron chi connectivity index (χ3n) is 4.56. The molecule has 1 aromatic heterocycles. The molecule has 3 aliphatic rings. The normalized spacial score (nSPS) is 26.4. The van der Waals surface area contributed by atoms with Crippen molar-refractivity contribution in [2.75, 3.05) is 0 Å². The smallest absolute Gasteiger partial charge is 0.291 e. The van der Waals surface area contributed by atoms with Gasteiger partial charge in [0, 0.05) is 11.4 Å². The highest BCUT2D eigenvalue weighted by Crippen LogP contribution is 2.44. The third-order valence-corrected chi connectivity index (χ3v) is 9.46. The second-order valence-electron chi connectivity index (χ2n) is 6.37. The van der Waals surface area contributed by atoms with Crippen LogP contribution in [0.1, 0.15) is 36.2 Å². The first kappa shape index (κ1) is 17.9. The van der Waals surface area contributed by atoms with Gasteiger partial charge in [-0.1, -0.05) is 12.2 Å². The Morgan fingerprint density at radius 2 is 1.85 bits per heavy atom. The molecule has 2 aliphatic carbocycles. The number of allylic oxidation sites excluding steroid dienone is 6. The number of furan rings is 1. The standard InChI is InChI=1S/C18H18N2O5S2/c1-26(22)16-6-2-3-7-17(16)27(23,24)20(26)14-10-8-13(9-11-14)19-18(21)15-5-4-12-25-15/h4-8,10,12H,1-3,9,11H2,(H,19,21). The van der Waals surface area contributed by atoms with E-state index in [1.54, 1.807) is 36.4 Å². The number of carbonyl (C=O) groups excluding carboxylic acids is 1. The fourth-order valence-corrected chi connectivity index (χ4v) is 8.58. The zero-order chi connectivity index (χ0) is 19.2. The maximum atomic E-state index is 13.2. The molecule has 1 aromatic rings. The molecule has 1 saturated heterocycles. The second kappa shape index (κ2) is 6.28. The Labute approximate surface area is 157 Å². The number of hydrogen-bond acceptors (Lipinski definition) is 5. The second-order valence-corrected chi connectivity index (χ2v) is 10.4. The highest BCUT2D eigenvalue weighted by Gasteiger charge is 2.47. The summed E-state index contributed by atoms with van der Waals surface area (Å²) in [5, 5.41) is 2.73. The SMILES string of the molecule is C=S1(=O)C2=CCCC=C2S(=O)(=O)N1C1=CC=C(NC(=O)c2ccco2)CC1. The molecule has 9 heteroatoms.